The summed E-state index contributed by atoms with van der Waals surface area (Å²) in [6.45, 7) is 0. The molecular weight excluding hydrogens is 239 g/mol. The maximum Gasteiger partial charge on any atom is 0.306 e. The van der Waals surface area contributed by atoms with Gasteiger partial charge in [-0.2, -0.15) is 8.42 Å². The van der Waals surface area contributed by atoms with Crippen molar-refractivity contribution >= 4 is 23.5 Å². The molecule has 0 fully saturated rings. The third-order valence-electron chi connectivity index (χ3n) is 1.29. The molecule has 7 nitrogen and oxygen atoms in total. The second-order valence-electron chi connectivity index (χ2n) is 2.77. The van der Waals surface area contributed by atoms with Gasteiger partial charge in [-0.3, -0.25) is 20.3 Å². The molecule has 0 saturated carbocycles. The topological polar surface area (TPSA) is 127 Å². The van der Waals surface area contributed by atoms with Crippen LogP contribution in [-0.4, -0.2) is 8.42 Å². The van der Waals surface area contributed by atoms with Crippen LogP contribution in [0.25, 0.3) is 0 Å². The minimum absolute atomic E-state index is 0.318. The molecule has 1 aromatic carbocycles. The van der Waals surface area contributed by atoms with Crippen LogP contribution in [0.5, 0.6) is 0 Å². The molecule has 1 rings (SSSR count). The van der Waals surface area contributed by atoms with Gasteiger partial charge in [0.25, 0.3) is 7.59 Å². The highest BCUT2D eigenvalue weighted by Crippen LogP contribution is 2.20. The molecule has 6 N–H and O–H groups in total. The molecule has 0 spiro atoms. The summed E-state index contributed by atoms with van der Waals surface area (Å²) < 4.78 is 37.1. The average molecular weight is 250 g/mol. The fraction of sp³-hybridized carbons (Fsp3) is 0. The predicted molar refractivity (Wildman–Crippen MR) is 58.1 cm³/mol. The van der Waals surface area contributed by atoms with Gasteiger partial charge in [0.15, 0.2) is 0 Å². The highest BCUT2D eigenvalue weighted by Gasteiger charge is 2.19. The van der Waals surface area contributed by atoms with Crippen LogP contribution in [0.3, 0.4) is 0 Å². The van der Waals surface area contributed by atoms with Crippen LogP contribution in [0.1, 0.15) is 0 Å². The highest BCUT2D eigenvalue weighted by molar-refractivity contribution is 7.96. The Balaban J connectivity index is 2.79. The Morgan fingerprint density at radius 3 is 2.13 bits per heavy atom. The normalized spacial score (nSPS) is 12.4. The van der Waals surface area contributed by atoms with Crippen molar-refractivity contribution in [1.82, 2.24) is 4.49 Å². The minimum atomic E-state index is -4.01. The van der Waals surface area contributed by atoms with Crippen molar-refractivity contribution in [2.45, 2.75) is 0 Å². The summed E-state index contributed by atoms with van der Waals surface area (Å²) in [5.41, 5.74) is 10.1. The van der Waals surface area contributed by atoms with E-state index >= 15 is 0 Å². The summed E-state index contributed by atoms with van der Waals surface area (Å²) in [7, 11) is -7.83. The highest BCUT2D eigenvalue weighted by atomic mass is 32.2. The third-order valence-corrected chi connectivity index (χ3v) is 3.90. The number of para-hydroxylation sites is 1. The van der Waals surface area contributed by atoms with Crippen molar-refractivity contribution in [2.75, 3.05) is 4.72 Å². The zero-order valence-electron chi connectivity index (χ0n) is 7.62. The lowest BCUT2D eigenvalue weighted by molar-refractivity contribution is 0.568. The van der Waals surface area contributed by atoms with E-state index in [2.05, 4.69) is 4.72 Å². The van der Waals surface area contributed by atoms with Crippen LogP contribution in [0.15, 0.2) is 30.3 Å². The first kappa shape index (κ1) is 12.2. The van der Waals surface area contributed by atoms with Crippen LogP contribution < -0.4 is 20.2 Å². The number of anilines is 1. The van der Waals surface area contributed by atoms with E-state index in [-0.39, 0.29) is 0 Å². The van der Waals surface area contributed by atoms with Gasteiger partial charge in [-0.25, -0.2) is 0 Å². The molecule has 0 amide bonds. The van der Waals surface area contributed by atoms with E-state index in [4.69, 9.17) is 11.0 Å². The third kappa shape index (κ3) is 4.91. The van der Waals surface area contributed by atoms with Gasteiger partial charge in [-0.05, 0) is 12.1 Å². The minimum Gasteiger partial charge on any atom is -0.271 e. The molecule has 84 valence electrons. The van der Waals surface area contributed by atoms with Crippen molar-refractivity contribution in [3.05, 3.63) is 30.3 Å². The number of nitrogens with two attached hydrogens (primary N) is 2. The fourth-order valence-corrected chi connectivity index (χ4v) is 3.00. The number of hydrogen-bond acceptors (Lipinski definition) is 3. The van der Waals surface area contributed by atoms with Crippen molar-refractivity contribution in [3.8, 4) is 0 Å². The molecular formula is C6H11N4O3PS. The molecule has 9 heteroatoms. The first-order valence-corrected chi connectivity index (χ1v) is 7.15. The lowest BCUT2D eigenvalue weighted by Gasteiger charge is -2.11. The summed E-state index contributed by atoms with van der Waals surface area (Å²) in [4.78, 5) is 0. The van der Waals surface area contributed by atoms with E-state index in [1.165, 1.54) is 12.1 Å². The number of hydrogen-bond donors (Lipinski definition) is 4. The van der Waals surface area contributed by atoms with E-state index in [1.807, 2.05) is 0 Å². The molecule has 0 aromatic heterocycles. The van der Waals surface area contributed by atoms with Gasteiger partial charge >= 0.3 is 10.2 Å². The van der Waals surface area contributed by atoms with Gasteiger partial charge in [0, 0.05) is 5.69 Å². The Morgan fingerprint density at radius 1 is 1.13 bits per heavy atom. The second-order valence-corrected chi connectivity index (χ2v) is 6.13. The first-order chi connectivity index (χ1) is 6.79. The second kappa shape index (κ2) is 4.30. The molecule has 0 aliphatic heterocycles. The molecule has 0 aliphatic carbocycles. The first-order valence-electron chi connectivity index (χ1n) is 3.82. The van der Waals surface area contributed by atoms with Gasteiger partial charge in [-0.15, -0.1) is 4.49 Å². The smallest absolute Gasteiger partial charge is 0.271 e. The zero-order chi connectivity index (χ0) is 11.5. The van der Waals surface area contributed by atoms with E-state index < -0.39 is 17.8 Å². The van der Waals surface area contributed by atoms with Crippen LogP contribution in [0.4, 0.5) is 5.69 Å². The van der Waals surface area contributed by atoms with E-state index in [1.54, 1.807) is 22.7 Å². The lowest BCUT2D eigenvalue weighted by atomic mass is 10.3. The van der Waals surface area contributed by atoms with Gasteiger partial charge in [0.2, 0.25) is 0 Å². The average Bonchev–Trinajstić information content (AvgIpc) is 1.99. The molecule has 0 heterocycles. The number of rotatable bonds is 4. The molecule has 15 heavy (non-hydrogen) atoms. The summed E-state index contributed by atoms with van der Waals surface area (Å²) in [5, 5.41) is 0. The Bertz CT molecular complexity index is 468. The Kier molecular flexibility index (Phi) is 3.48. The Labute approximate surface area is 87.6 Å². The Morgan fingerprint density at radius 2 is 1.67 bits per heavy atom. The van der Waals surface area contributed by atoms with Crippen molar-refractivity contribution in [1.29, 1.82) is 0 Å². The number of nitrogens with one attached hydrogen (secondary N) is 2. The molecule has 0 unspecified atom stereocenters. The van der Waals surface area contributed by atoms with Gasteiger partial charge in [0.05, 0.1) is 0 Å². The van der Waals surface area contributed by atoms with Crippen molar-refractivity contribution in [3.63, 3.8) is 0 Å². The standard InChI is InChI=1S/C6H11N4O3PS/c7-14(8,11)10-15(12,13)9-6-4-2-1-3-5-6/h1-5,9H,(H5,7,8,10,11). The van der Waals surface area contributed by atoms with Crippen molar-refractivity contribution < 1.29 is 13.0 Å². The zero-order valence-corrected chi connectivity index (χ0v) is 9.33. The van der Waals surface area contributed by atoms with Crippen LogP contribution >= 0.6 is 7.59 Å². The van der Waals surface area contributed by atoms with Gasteiger partial charge in [0.1, 0.15) is 0 Å². The molecule has 0 bridgehead atoms. The van der Waals surface area contributed by atoms with E-state index in [9.17, 15) is 13.0 Å². The summed E-state index contributed by atoms with van der Waals surface area (Å²) in [5.74, 6) is 0. The lowest BCUT2D eigenvalue weighted by Crippen LogP contribution is -2.33. The van der Waals surface area contributed by atoms with Gasteiger partial charge < -0.3 is 0 Å². The summed E-state index contributed by atoms with van der Waals surface area (Å²) in [6.07, 6.45) is 0. The van der Waals surface area contributed by atoms with E-state index in [0.29, 0.717) is 5.69 Å². The number of benzene rings is 1. The molecule has 0 saturated heterocycles. The van der Waals surface area contributed by atoms with E-state index in [0.717, 1.165) is 0 Å². The molecule has 1 aromatic rings. The SMILES string of the molecule is NP(N)(=O)NS(=O)(=O)Nc1ccccc1. The quantitative estimate of drug-likeness (QED) is 0.557. The molecule has 0 aliphatic rings. The fourth-order valence-electron chi connectivity index (χ4n) is 0.872. The maximum atomic E-state index is 11.3. The maximum absolute atomic E-state index is 11.3. The molecule has 0 atom stereocenters. The van der Waals surface area contributed by atoms with Crippen LogP contribution in [0, 0.1) is 0 Å². The van der Waals surface area contributed by atoms with Crippen LogP contribution in [-0.2, 0) is 14.8 Å². The van der Waals surface area contributed by atoms with Gasteiger partial charge in [-0.1, -0.05) is 18.2 Å². The van der Waals surface area contributed by atoms with Crippen molar-refractivity contribution in [2.24, 2.45) is 11.0 Å². The summed E-state index contributed by atoms with van der Waals surface area (Å²) in [6, 6.07) is 8.06. The molecule has 0 radical (unpaired) electrons. The monoisotopic (exact) mass is 250 g/mol. The van der Waals surface area contributed by atoms with Crippen LogP contribution in [0.2, 0.25) is 0 Å². The summed E-state index contributed by atoms with van der Waals surface area (Å²) >= 11 is 0. The largest absolute Gasteiger partial charge is 0.306 e. The predicted octanol–water partition coefficient (Wildman–Crippen LogP) is -0.0416. The Hall–Kier alpha value is -0.920.